The highest BCUT2D eigenvalue weighted by Gasteiger charge is 2.54. The number of hydrogen-bond acceptors (Lipinski definition) is 5. The molecule has 2 heterocycles. The first kappa shape index (κ1) is 11.9. The van der Waals surface area contributed by atoms with Crippen molar-refractivity contribution < 1.29 is 17.9 Å². The molecule has 0 aromatic rings. The molecular formula is C10H17NO4S. The summed E-state index contributed by atoms with van der Waals surface area (Å²) in [6.45, 7) is 1.56. The molecule has 5 nitrogen and oxygen atoms in total. The molecule has 0 amide bonds. The maximum Gasteiger partial charge on any atom is 0.310 e. The normalized spacial score (nSPS) is 31.4. The summed E-state index contributed by atoms with van der Waals surface area (Å²) >= 11 is 0. The number of sulfone groups is 1. The molecule has 0 bridgehead atoms. The topological polar surface area (TPSA) is 72.5 Å². The lowest BCUT2D eigenvalue weighted by Crippen LogP contribution is -2.44. The molecule has 2 fully saturated rings. The molecule has 0 saturated carbocycles. The van der Waals surface area contributed by atoms with Crippen LogP contribution in [-0.2, 0) is 19.4 Å². The van der Waals surface area contributed by atoms with Gasteiger partial charge in [-0.25, -0.2) is 8.42 Å². The minimum absolute atomic E-state index is 0.0420. The minimum atomic E-state index is -3.09. The number of esters is 1. The third kappa shape index (κ3) is 1.96. The van der Waals surface area contributed by atoms with Crippen molar-refractivity contribution in [2.45, 2.75) is 12.8 Å². The van der Waals surface area contributed by atoms with E-state index in [4.69, 9.17) is 4.74 Å². The average molecular weight is 247 g/mol. The Bertz CT molecular complexity index is 384. The standard InChI is InChI=1S/C10H17NO4S/c1-15-9(12)8-6-16(13,14)7-10(8)2-4-11-5-3-10/h8,11H,2-7H2,1H3. The molecule has 2 aliphatic rings. The number of hydrogen-bond donors (Lipinski definition) is 1. The van der Waals surface area contributed by atoms with E-state index >= 15 is 0 Å². The number of methoxy groups -OCH3 is 1. The van der Waals surface area contributed by atoms with E-state index in [1.165, 1.54) is 7.11 Å². The molecule has 1 N–H and O–H groups in total. The summed E-state index contributed by atoms with van der Waals surface area (Å²) in [5, 5.41) is 3.19. The number of carbonyl (C=O) groups is 1. The first-order valence-corrected chi connectivity index (χ1v) is 7.30. The largest absolute Gasteiger partial charge is 0.469 e. The van der Waals surface area contributed by atoms with E-state index in [2.05, 4.69) is 5.32 Å². The van der Waals surface area contributed by atoms with Crippen molar-refractivity contribution in [2.24, 2.45) is 11.3 Å². The van der Waals surface area contributed by atoms with Crippen LogP contribution in [-0.4, -0.2) is 46.1 Å². The zero-order valence-electron chi connectivity index (χ0n) is 9.36. The molecule has 2 aliphatic heterocycles. The predicted octanol–water partition coefficient (Wildman–Crippen LogP) is -0.426. The van der Waals surface area contributed by atoms with Crippen LogP contribution in [0, 0.1) is 11.3 Å². The van der Waals surface area contributed by atoms with Crippen LogP contribution in [0.15, 0.2) is 0 Å². The van der Waals surface area contributed by atoms with Gasteiger partial charge in [-0.2, -0.15) is 0 Å². The van der Waals surface area contributed by atoms with E-state index in [-0.39, 0.29) is 22.9 Å². The second-order valence-electron chi connectivity index (χ2n) is 4.74. The van der Waals surface area contributed by atoms with Gasteiger partial charge >= 0.3 is 5.97 Å². The van der Waals surface area contributed by atoms with Gasteiger partial charge in [0.05, 0.1) is 24.5 Å². The number of carbonyl (C=O) groups excluding carboxylic acids is 1. The van der Waals surface area contributed by atoms with Gasteiger partial charge in [-0.15, -0.1) is 0 Å². The van der Waals surface area contributed by atoms with Gasteiger partial charge in [-0.3, -0.25) is 4.79 Å². The van der Waals surface area contributed by atoms with Crippen molar-refractivity contribution in [2.75, 3.05) is 31.7 Å². The van der Waals surface area contributed by atoms with E-state index in [0.717, 1.165) is 25.9 Å². The lowest BCUT2D eigenvalue weighted by Gasteiger charge is -2.36. The van der Waals surface area contributed by atoms with Crippen molar-refractivity contribution in [3.8, 4) is 0 Å². The Morgan fingerprint density at radius 2 is 2.00 bits per heavy atom. The minimum Gasteiger partial charge on any atom is -0.469 e. The van der Waals surface area contributed by atoms with Crippen LogP contribution in [0.1, 0.15) is 12.8 Å². The summed E-state index contributed by atoms with van der Waals surface area (Å²) in [5.41, 5.74) is -0.378. The van der Waals surface area contributed by atoms with Crippen LogP contribution in [0.25, 0.3) is 0 Å². The molecule has 92 valence electrons. The van der Waals surface area contributed by atoms with Crippen LogP contribution < -0.4 is 5.32 Å². The second kappa shape index (κ2) is 4.00. The maximum absolute atomic E-state index is 11.7. The Kier molecular flexibility index (Phi) is 2.96. The summed E-state index contributed by atoms with van der Waals surface area (Å²) in [7, 11) is -1.77. The predicted molar refractivity (Wildman–Crippen MR) is 58.7 cm³/mol. The highest BCUT2D eigenvalue weighted by atomic mass is 32.2. The Hall–Kier alpha value is -0.620. The number of ether oxygens (including phenoxy) is 1. The fourth-order valence-corrected chi connectivity index (χ4v) is 5.39. The van der Waals surface area contributed by atoms with Crippen molar-refractivity contribution in [1.29, 1.82) is 0 Å². The first-order chi connectivity index (χ1) is 7.49. The van der Waals surface area contributed by atoms with Gasteiger partial charge in [0.25, 0.3) is 0 Å². The molecule has 2 rings (SSSR count). The third-order valence-corrected chi connectivity index (χ3v) is 5.61. The van der Waals surface area contributed by atoms with Crippen LogP contribution in [0.3, 0.4) is 0 Å². The Morgan fingerprint density at radius 3 is 2.56 bits per heavy atom. The molecule has 0 aromatic carbocycles. The molecular weight excluding hydrogens is 230 g/mol. The number of piperidine rings is 1. The van der Waals surface area contributed by atoms with Gasteiger partial charge in [0.1, 0.15) is 0 Å². The van der Waals surface area contributed by atoms with Gasteiger partial charge < -0.3 is 10.1 Å². The molecule has 0 aromatic heterocycles. The first-order valence-electron chi connectivity index (χ1n) is 5.48. The fourth-order valence-electron chi connectivity index (χ4n) is 2.91. The van der Waals surface area contributed by atoms with Gasteiger partial charge in [-0.1, -0.05) is 0 Å². The summed E-state index contributed by atoms with van der Waals surface area (Å²) < 4.78 is 28.1. The smallest absolute Gasteiger partial charge is 0.310 e. The summed E-state index contributed by atoms with van der Waals surface area (Å²) in [5.74, 6) is -0.742. The number of nitrogens with one attached hydrogen (secondary N) is 1. The van der Waals surface area contributed by atoms with Gasteiger partial charge in [0.2, 0.25) is 0 Å². The van der Waals surface area contributed by atoms with E-state index in [0.29, 0.717) is 0 Å². The summed E-state index contributed by atoms with van der Waals surface area (Å²) in [6, 6.07) is 0. The Balaban J connectivity index is 2.30. The molecule has 0 aliphatic carbocycles. The Morgan fingerprint density at radius 1 is 1.38 bits per heavy atom. The molecule has 1 atom stereocenters. The highest BCUT2D eigenvalue weighted by molar-refractivity contribution is 7.91. The average Bonchev–Trinajstić information content (AvgIpc) is 2.50. The van der Waals surface area contributed by atoms with Gasteiger partial charge in [0.15, 0.2) is 9.84 Å². The third-order valence-electron chi connectivity index (χ3n) is 3.75. The van der Waals surface area contributed by atoms with E-state index in [1.54, 1.807) is 0 Å². The number of rotatable bonds is 1. The zero-order chi connectivity index (χ0) is 11.8. The molecule has 0 radical (unpaired) electrons. The second-order valence-corrected chi connectivity index (χ2v) is 6.85. The van der Waals surface area contributed by atoms with Gasteiger partial charge in [0, 0.05) is 5.41 Å². The fraction of sp³-hybridized carbons (Fsp3) is 0.900. The van der Waals surface area contributed by atoms with E-state index in [1.807, 2.05) is 0 Å². The summed E-state index contributed by atoms with van der Waals surface area (Å²) in [4.78, 5) is 11.7. The van der Waals surface area contributed by atoms with E-state index < -0.39 is 15.8 Å². The summed E-state index contributed by atoms with van der Waals surface area (Å²) in [6.07, 6.45) is 1.48. The molecule has 6 heteroatoms. The van der Waals surface area contributed by atoms with Crippen molar-refractivity contribution in [3.05, 3.63) is 0 Å². The molecule has 1 spiro atoms. The van der Waals surface area contributed by atoms with Crippen LogP contribution in [0.4, 0.5) is 0 Å². The lowest BCUT2D eigenvalue weighted by atomic mass is 9.71. The lowest BCUT2D eigenvalue weighted by molar-refractivity contribution is -0.149. The van der Waals surface area contributed by atoms with Crippen molar-refractivity contribution in [1.82, 2.24) is 5.32 Å². The van der Waals surface area contributed by atoms with Crippen LogP contribution in [0.2, 0.25) is 0 Å². The van der Waals surface area contributed by atoms with Crippen molar-refractivity contribution >= 4 is 15.8 Å². The maximum atomic E-state index is 11.7. The quantitative estimate of drug-likeness (QED) is 0.637. The molecule has 1 unspecified atom stereocenters. The Labute approximate surface area is 95.5 Å². The zero-order valence-corrected chi connectivity index (χ0v) is 10.2. The van der Waals surface area contributed by atoms with Crippen molar-refractivity contribution in [3.63, 3.8) is 0 Å². The van der Waals surface area contributed by atoms with Gasteiger partial charge in [-0.05, 0) is 25.9 Å². The molecule has 2 saturated heterocycles. The van der Waals surface area contributed by atoms with Crippen LogP contribution >= 0.6 is 0 Å². The molecule has 16 heavy (non-hydrogen) atoms. The van der Waals surface area contributed by atoms with Crippen LogP contribution in [0.5, 0.6) is 0 Å². The SMILES string of the molecule is COC(=O)C1CS(=O)(=O)CC12CCNCC2. The highest BCUT2D eigenvalue weighted by Crippen LogP contribution is 2.45. The van der Waals surface area contributed by atoms with E-state index in [9.17, 15) is 13.2 Å². The monoisotopic (exact) mass is 247 g/mol.